The van der Waals surface area contributed by atoms with Gasteiger partial charge in [-0.25, -0.2) is 4.39 Å². The van der Waals surface area contributed by atoms with Crippen molar-refractivity contribution >= 4 is 11.5 Å². The van der Waals surface area contributed by atoms with Gasteiger partial charge in [-0.1, -0.05) is 12.1 Å². The van der Waals surface area contributed by atoms with Gasteiger partial charge in [0.05, 0.1) is 0 Å². The second-order valence-electron chi connectivity index (χ2n) is 4.70. The van der Waals surface area contributed by atoms with Crippen LogP contribution < -0.4 is 0 Å². The predicted molar refractivity (Wildman–Crippen MR) is 77.0 cm³/mol. The molecule has 0 bridgehead atoms. The molecule has 0 unspecified atom stereocenters. The third-order valence-electron chi connectivity index (χ3n) is 3.01. The highest BCUT2D eigenvalue weighted by Crippen LogP contribution is 2.16. The van der Waals surface area contributed by atoms with Crippen LogP contribution in [0.3, 0.4) is 0 Å². The average Bonchev–Trinajstić information content (AvgIpc) is 3.18. The Labute approximate surface area is 129 Å². The number of aromatic nitrogens is 4. The molecule has 0 aliphatic heterocycles. The summed E-state index contributed by atoms with van der Waals surface area (Å²) in [5.74, 6) is -0.842. The molecule has 7 nitrogen and oxygen atoms in total. The SMILES string of the molecule is O=C(C=C(O)c1nn[nH]n1)c1ccc(Cc2cccc(F)c2)o1. The third-order valence-corrected chi connectivity index (χ3v) is 3.01. The van der Waals surface area contributed by atoms with Crippen LogP contribution in [0.5, 0.6) is 0 Å². The molecule has 1 aromatic carbocycles. The van der Waals surface area contributed by atoms with Crippen LogP contribution in [0, 0.1) is 5.82 Å². The molecule has 0 saturated heterocycles. The number of aliphatic hydroxyl groups is 1. The van der Waals surface area contributed by atoms with Gasteiger partial charge in [-0.15, -0.1) is 10.2 Å². The fourth-order valence-corrected chi connectivity index (χ4v) is 1.98. The zero-order valence-electron chi connectivity index (χ0n) is 11.7. The van der Waals surface area contributed by atoms with Gasteiger partial charge < -0.3 is 9.52 Å². The van der Waals surface area contributed by atoms with Gasteiger partial charge in [0.1, 0.15) is 11.6 Å². The van der Waals surface area contributed by atoms with E-state index in [-0.39, 0.29) is 17.4 Å². The number of rotatable bonds is 5. The molecule has 2 N–H and O–H groups in total. The Morgan fingerprint density at radius 3 is 2.96 bits per heavy atom. The minimum atomic E-state index is -0.544. The van der Waals surface area contributed by atoms with Gasteiger partial charge in [-0.2, -0.15) is 5.21 Å². The Bertz CT molecular complexity index is 855. The molecule has 116 valence electrons. The number of allylic oxidation sites excluding steroid dienone is 1. The van der Waals surface area contributed by atoms with E-state index in [2.05, 4.69) is 20.6 Å². The molecule has 8 heteroatoms. The molecule has 3 aromatic rings. The maximum absolute atomic E-state index is 13.1. The molecule has 23 heavy (non-hydrogen) atoms. The number of aromatic amines is 1. The van der Waals surface area contributed by atoms with Gasteiger partial charge in [0, 0.05) is 12.5 Å². The summed E-state index contributed by atoms with van der Waals surface area (Å²) in [6.07, 6.45) is 1.29. The first-order valence-electron chi connectivity index (χ1n) is 6.64. The summed E-state index contributed by atoms with van der Waals surface area (Å²) in [6.45, 7) is 0. The maximum Gasteiger partial charge on any atom is 0.239 e. The first-order chi connectivity index (χ1) is 11.1. The van der Waals surface area contributed by atoms with Crippen molar-refractivity contribution in [2.24, 2.45) is 0 Å². The van der Waals surface area contributed by atoms with Crippen LogP contribution in [-0.2, 0) is 6.42 Å². The number of hydrogen-bond acceptors (Lipinski definition) is 6. The molecule has 0 saturated carbocycles. The number of tetrazole rings is 1. The van der Waals surface area contributed by atoms with Crippen molar-refractivity contribution < 1.29 is 18.7 Å². The van der Waals surface area contributed by atoms with Crippen molar-refractivity contribution in [2.45, 2.75) is 6.42 Å². The minimum absolute atomic E-state index is 0.0476. The van der Waals surface area contributed by atoms with E-state index in [1.807, 2.05) is 0 Å². The van der Waals surface area contributed by atoms with Crippen molar-refractivity contribution in [3.8, 4) is 0 Å². The first-order valence-corrected chi connectivity index (χ1v) is 6.64. The monoisotopic (exact) mass is 314 g/mol. The quantitative estimate of drug-likeness (QED) is 0.425. The Hall–Kier alpha value is -3.29. The Kier molecular flexibility index (Phi) is 3.96. The molecule has 0 radical (unpaired) electrons. The van der Waals surface area contributed by atoms with Crippen molar-refractivity contribution in [1.82, 2.24) is 20.6 Å². The molecule has 2 heterocycles. The third kappa shape index (κ3) is 3.49. The molecule has 0 aliphatic rings. The molecule has 0 spiro atoms. The summed E-state index contributed by atoms with van der Waals surface area (Å²) >= 11 is 0. The van der Waals surface area contributed by atoms with Gasteiger partial charge in [-0.3, -0.25) is 4.79 Å². The number of halogens is 1. The zero-order valence-corrected chi connectivity index (χ0v) is 11.7. The molecular formula is C15H11FN4O3. The van der Waals surface area contributed by atoms with Gasteiger partial charge in [0.2, 0.25) is 11.6 Å². The van der Waals surface area contributed by atoms with E-state index in [0.29, 0.717) is 12.2 Å². The predicted octanol–water partition coefficient (Wildman–Crippen LogP) is 2.30. The van der Waals surface area contributed by atoms with Gasteiger partial charge in [-0.05, 0) is 35.0 Å². The molecule has 0 aliphatic carbocycles. The largest absolute Gasteiger partial charge is 0.504 e. The molecule has 0 amide bonds. The van der Waals surface area contributed by atoms with Crippen LogP contribution in [0.2, 0.25) is 0 Å². The highest BCUT2D eigenvalue weighted by atomic mass is 19.1. The normalized spacial score (nSPS) is 11.6. The number of carbonyl (C=O) groups is 1. The van der Waals surface area contributed by atoms with E-state index in [1.165, 1.54) is 18.2 Å². The number of H-pyrrole nitrogens is 1. The second kappa shape index (κ2) is 6.22. The van der Waals surface area contributed by atoms with E-state index in [0.717, 1.165) is 11.6 Å². The standard InChI is InChI=1S/C15H11FN4O3/c16-10-3-1-2-9(6-10)7-11-4-5-14(23-11)12(21)8-13(22)15-17-19-20-18-15/h1-6,8,22H,7H2,(H,17,18,19,20). The van der Waals surface area contributed by atoms with Gasteiger partial charge in [0.15, 0.2) is 11.5 Å². The summed E-state index contributed by atoms with van der Waals surface area (Å²) < 4.78 is 18.6. The number of carbonyl (C=O) groups excluding carboxylic acids is 1. The molecule has 0 fully saturated rings. The van der Waals surface area contributed by atoms with Crippen LogP contribution in [0.1, 0.15) is 27.7 Å². The number of benzene rings is 1. The Morgan fingerprint density at radius 2 is 2.22 bits per heavy atom. The van der Waals surface area contributed by atoms with Crippen LogP contribution in [0.25, 0.3) is 5.76 Å². The maximum atomic E-state index is 13.1. The summed E-state index contributed by atoms with van der Waals surface area (Å²) in [4.78, 5) is 12.0. The van der Waals surface area contributed by atoms with Crippen molar-refractivity contribution in [1.29, 1.82) is 0 Å². The van der Waals surface area contributed by atoms with E-state index in [4.69, 9.17) is 4.42 Å². The van der Waals surface area contributed by atoms with Crippen LogP contribution in [0.15, 0.2) is 46.9 Å². The number of nitrogens with zero attached hydrogens (tertiary/aromatic N) is 3. The first kappa shape index (κ1) is 14.6. The van der Waals surface area contributed by atoms with E-state index in [9.17, 15) is 14.3 Å². The molecule has 0 atom stereocenters. The van der Waals surface area contributed by atoms with Crippen molar-refractivity contribution in [3.05, 3.63) is 71.2 Å². The van der Waals surface area contributed by atoms with Crippen molar-refractivity contribution in [3.63, 3.8) is 0 Å². The fraction of sp³-hybridized carbons (Fsp3) is 0.0667. The van der Waals surface area contributed by atoms with E-state index >= 15 is 0 Å². The summed E-state index contributed by atoms with van der Waals surface area (Å²) in [6, 6.07) is 9.22. The lowest BCUT2D eigenvalue weighted by molar-refractivity contribution is 0.101. The second-order valence-corrected chi connectivity index (χ2v) is 4.70. The number of furan rings is 1. The lowest BCUT2D eigenvalue weighted by Gasteiger charge is -1.98. The summed E-state index contributed by atoms with van der Waals surface area (Å²) in [5.41, 5.74) is 0.725. The van der Waals surface area contributed by atoms with Crippen molar-refractivity contribution in [2.75, 3.05) is 0 Å². The van der Waals surface area contributed by atoms with Crippen LogP contribution >= 0.6 is 0 Å². The van der Waals surface area contributed by atoms with Gasteiger partial charge in [0.25, 0.3) is 0 Å². The number of nitrogens with one attached hydrogen (secondary N) is 1. The molecule has 2 aromatic heterocycles. The molecule has 3 rings (SSSR count). The number of aliphatic hydroxyl groups excluding tert-OH is 1. The van der Waals surface area contributed by atoms with Crippen LogP contribution in [0.4, 0.5) is 4.39 Å². The topological polar surface area (TPSA) is 105 Å². The Morgan fingerprint density at radius 1 is 1.35 bits per heavy atom. The summed E-state index contributed by atoms with van der Waals surface area (Å²) in [5, 5.41) is 22.2. The zero-order chi connectivity index (χ0) is 16.2. The molecular weight excluding hydrogens is 303 g/mol. The minimum Gasteiger partial charge on any atom is -0.504 e. The van der Waals surface area contributed by atoms with Gasteiger partial charge >= 0.3 is 0 Å². The number of hydrogen-bond donors (Lipinski definition) is 2. The van der Waals surface area contributed by atoms with Crippen LogP contribution in [-0.4, -0.2) is 31.5 Å². The van der Waals surface area contributed by atoms with E-state index < -0.39 is 11.5 Å². The number of ketones is 1. The average molecular weight is 314 g/mol. The lowest BCUT2D eigenvalue weighted by atomic mass is 10.1. The smallest absolute Gasteiger partial charge is 0.239 e. The lowest BCUT2D eigenvalue weighted by Crippen LogP contribution is -1.96. The van der Waals surface area contributed by atoms with E-state index in [1.54, 1.807) is 18.2 Å². The fourth-order valence-electron chi connectivity index (χ4n) is 1.98. The summed E-state index contributed by atoms with van der Waals surface area (Å²) in [7, 11) is 0. The highest BCUT2D eigenvalue weighted by Gasteiger charge is 2.13. The Balaban J connectivity index is 1.74. The highest BCUT2D eigenvalue weighted by molar-refractivity contribution is 6.05.